The molecule has 2 N–H and O–H groups in total. The third-order valence-electron chi connectivity index (χ3n) is 4.71. The van der Waals surface area contributed by atoms with E-state index in [0.29, 0.717) is 5.92 Å². The van der Waals surface area contributed by atoms with E-state index in [2.05, 4.69) is 43.5 Å². The number of fused-ring (bicyclic) bond motifs is 1. The number of thiazole rings is 1. The first-order valence-corrected chi connectivity index (χ1v) is 9.46. The first-order chi connectivity index (χ1) is 11.8. The number of aromatic amines is 1. The molecule has 3 heterocycles. The van der Waals surface area contributed by atoms with Crippen LogP contribution in [0.15, 0.2) is 29.6 Å². The summed E-state index contributed by atoms with van der Waals surface area (Å²) in [6.45, 7) is 6.37. The summed E-state index contributed by atoms with van der Waals surface area (Å²) in [5, 5.41) is 6.82. The van der Waals surface area contributed by atoms with E-state index < -0.39 is 0 Å². The van der Waals surface area contributed by atoms with Gasteiger partial charge in [-0.2, -0.15) is 0 Å². The molecule has 24 heavy (non-hydrogen) atoms. The number of aryl methyl sites for hydroxylation is 1. The molecule has 1 fully saturated rings. The lowest BCUT2D eigenvalue weighted by Gasteiger charge is -2.31. The van der Waals surface area contributed by atoms with Gasteiger partial charge in [0.25, 0.3) is 0 Å². The molecule has 0 unspecified atom stereocenters. The Hall–Kier alpha value is -1.92. The molecule has 1 aliphatic rings. The number of imidazole rings is 1. The molecule has 3 aromatic rings. The first-order valence-electron chi connectivity index (χ1n) is 8.58. The number of H-pyrrole nitrogens is 1. The van der Waals surface area contributed by atoms with Crippen LogP contribution in [0.3, 0.4) is 0 Å². The first kappa shape index (κ1) is 15.6. The Labute approximate surface area is 146 Å². The summed E-state index contributed by atoms with van der Waals surface area (Å²) in [7, 11) is 0. The Kier molecular flexibility index (Phi) is 4.49. The van der Waals surface area contributed by atoms with Crippen molar-refractivity contribution in [1.29, 1.82) is 0 Å². The third-order valence-corrected chi connectivity index (χ3v) is 5.53. The van der Waals surface area contributed by atoms with E-state index in [1.807, 2.05) is 18.2 Å². The van der Waals surface area contributed by atoms with Gasteiger partial charge in [0.2, 0.25) is 5.95 Å². The number of benzene rings is 1. The summed E-state index contributed by atoms with van der Waals surface area (Å²) in [6, 6.07) is 8.15. The second-order valence-electron chi connectivity index (χ2n) is 6.56. The Morgan fingerprint density at radius 1 is 1.25 bits per heavy atom. The summed E-state index contributed by atoms with van der Waals surface area (Å²) in [4.78, 5) is 15.0. The molecule has 5 nitrogen and oxygen atoms in total. The third kappa shape index (κ3) is 3.60. The minimum atomic E-state index is 0.714. The number of nitrogens with one attached hydrogen (secondary N) is 2. The van der Waals surface area contributed by atoms with Crippen LogP contribution in [-0.2, 0) is 6.54 Å². The molecule has 0 aliphatic carbocycles. The lowest BCUT2D eigenvalue weighted by molar-refractivity contribution is 0.181. The average molecular weight is 341 g/mol. The maximum Gasteiger partial charge on any atom is 0.201 e. The van der Waals surface area contributed by atoms with Crippen molar-refractivity contribution in [2.24, 2.45) is 5.92 Å². The van der Waals surface area contributed by atoms with E-state index >= 15 is 0 Å². The molecule has 6 heteroatoms. The maximum absolute atomic E-state index is 4.59. The number of para-hydroxylation sites is 2. The highest BCUT2D eigenvalue weighted by Gasteiger charge is 2.20. The monoisotopic (exact) mass is 341 g/mol. The molecule has 0 atom stereocenters. The number of rotatable bonds is 5. The van der Waals surface area contributed by atoms with Crippen LogP contribution in [0.1, 0.15) is 23.5 Å². The molecule has 0 saturated carbocycles. The largest absolute Gasteiger partial charge is 0.356 e. The lowest BCUT2D eigenvalue weighted by Crippen LogP contribution is -2.35. The van der Waals surface area contributed by atoms with Gasteiger partial charge < -0.3 is 10.3 Å². The minimum Gasteiger partial charge on any atom is -0.356 e. The zero-order valence-corrected chi connectivity index (χ0v) is 14.8. The zero-order chi connectivity index (χ0) is 16.4. The van der Waals surface area contributed by atoms with Gasteiger partial charge in [0.05, 0.1) is 21.7 Å². The number of aromatic nitrogens is 3. The van der Waals surface area contributed by atoms with E-state index in [9.17, 15) is 0 Å². The summed E-state index contributed by atoms with van der Waals surface area (Å²) >= 11 is 1.74. The van der Waals surface area contributed by atoms with Crippen LogP contribution >= 0.6 is 11.3 Å². The fourth-order valence-electron chi connectivity index (χ4n) is 3.34. The second kappa shape index (κ2) is 6.91. The van der Waals surface area contributed by atoms with Gasteiger partial charge in [-0.1, -0.05) is 12.1 Å². The number of anilines is 1. The van der Waals surface area contributed by atoms with Gasteiger partial charge in [0.1, 0.15) is 0 Å². The summed E-state index contributed by atoms with van der Waals surface area (Å²) in [6.07, 6.45) is 2.46. The summed E-state index contributed by atoms with van der Waals surface area (Å²) in [5.74, 6) is 1.60. The number of hydrogen-bond acceptors (Lipinski definition) is 5. The van der Waals surface area contributed by atoms with Crippen LogP contribution in [0.4, 0.5) is 5.95 Å². The molecule has 2 aromatic heterocycles. The molecule has 0 amide bonds. The minimum absolute atomic E-state index is 0.714. The second-order valence-corrected chi connectivity index (χ2v) is 7.62. The standard InChI is InChI=1S/C18H23N5S/c1-13-20-15(12-24-13)11-23-8-6-14(7-9-23)10-19-18-21-16-4-2-3-5-17(16)22-18/h2-5,12,14H,6-11H2,1H3,(H2,19,21,22). The van der Waals surface area contributed by atoms with Crippen molar-refractivity contribution in [2.75, 3.05) is 25.0 Å². The number of hydrogen-bond donors (Lipinski definition) is 2. The topological polar surface area (TPSA) is 56.8 Å². The molecule has 0 spiro atoms. The quantitative estimate of drug-likeness (QED) is 0.744. The van der Waals surface area contributed by atoms with Gasteiger partial charge in [0, 0.05) is 18.5 Å². The highest BCUT2D eigenvalue weighted by atomic mass is 32.1. The molecule has 1 saturated heterocycles. The van der Waals surface area contributed by atoms with Crippen LogP contribution in [-0.4, -0.2) is 39.5 Å². The molecule has 0 radical (unpaired) electrons. The van der Waals surface area contributed by atoms with Crippen molar-refractivity contribution >= 4 is 28.3 Å². The molecule has 0 bridgehead atoms. The van der Waals surface area contributed by atoms with Crippen LogP contribution in [0.5, 0.6) is 0 Å². The van der Waals surface area contributed by atoms with E-state index in [4.69, 9.17) is 0 Å². The maximum atomic E-state index is 4.59. The Morgan fingerprint density at radius 2 is 2.08 bits per heavy atom. The van der Waals surface area contributed by atoms with Crippen molar-refractivity contribution < 1.29 is 0 Å². The molecular weight excluding hydrogens is 318 g/mol. The highest BCUT2D eigenvalue weighted by molar-refractivity contribution is 7.09. The van der Waals surface area contributed by atoms with E-state index in [1.54, 1.807) is 11.3 Å². The van der Waals surface area contributed by atoms with E-state index in [0.717, 1.165) is 48.2 Å². The van der Waals surface area contributed by atoms with Crippen LogP contribution in [0, 0.1) is 12.8 Å². The smallest absolute Gasteiger partial charge is 0.201 e. The van der Waals surface area contributed by atoms with Gasteiger partial charge in [-0.3, -0.25) is 4.90 Å². The SMILES string of the molecule is Cc1nc(CN2CCC(CNc3nc4ccccc4[nH]3)CC2)cs1. The van der Waals surface area contributed by atoms with Gasteiger partial charge in [0.15, 0.2) is 0 Å². The summed E-state index contributed by atoms with van der Waals surface area (Å²) < 4.78 is 0. The van der Waals surface area contributed by atoms with Gasteiger partial charge in [-0.15, -0.1) is 11.3 Å². The Balaban J connectivity index is 1.25. The summed E-state index contributed by atoms with van der Waals surface area (Å²) in [5.41, 5.74) is 3.33. The number of piperidine rings is 1. The van der Waals surface area contributed by atoms with Crippen LogP contribution < -0.4 is 5.32 Å². The van der Waals surface area contributed by atoms with Crippen molar-refractivity contribution in [3.05, 3.63) is 40.3 Å². The lowest BCUT2D eigenvalue weighted by atomic mass is 9.97. The highest BCUT2D eigenvalue weighted by Crippen LogP contribution is 2.21. The van der Waals surface area contributed by atoms with Gasteiger partial charge >= 0.3 is 0 Å². The fraction of sp³-hybridized carbons (Fsp3) is 0.444. The van der Waals surface area contributed by atoms with Gasteiger partial charge in [-0.25, -0.2) is 9.97 Å². The number of nitrogens with zero attached hydrogens (tertiary/aromatic N) is 3. The molecule has 4 rings (SSSR count). The van der Waals surface area contributed by atoms with Crippen molar-refractivity contribution in [1.82, 2.24) is 19.9 Å². The molecule has 126 valence electrons. The zero-order valence-electron chi connectivity index (χ0n) is 14.0. The van der Waals surface area contributed by atoms with E-state index in [-0.39, 0.29) is 0 Å². The Morgan fingerprint density at radius 3 is 2.83 bits per heavy atom. The molecule has 1 aliphatic heterocycles. The van der Waals surface area contributed by atoms with Gasteiger partial charge in [-0.05, 0) is 50.9 Å². The van der Waals surface area contributed by atoms with Crippen LogP contribution in [0.2, 0.25) is 0 Å². The predicted octanol–water partition coefficient (Wildman–Crippen LogP) is 3.65. The van der Waals surface area contributed by atoms with Crippen molar-refractivity contribution in [2.45, 2.75) is 26.3 Å². The van der Waals surface area contributed by atoms with Crippen molar-refractivity contribution in [3.63, 3.8) is 0 Å². The molecule has 1 aromatic carbocycles. The van der Waals surface area contributed by atoms with Crippen LogP contribution in [0.25, 0.3) is 11.0 Å². The van der Waals surface area contributed by atoms with E-state index in [1.165, 1.54) is 18.5 Å². The molecular formula is C18H23N5S. The van der Waals surface area contributed by atoms with Crippen molar-refractivity contribution in [3.8, 4) is 0 Å². The average Bonchev–Trinajstić information content (AvgIpc) is 3.20. The number of likely N-dealkylation sites (tertiary alicyclic amines) is 1. The Bertz CT molecular complexity index is 767. The normalized spacial score (nSPS) is 16.7. The fourth-order valence-corrected chi connectivity index (χ4v) is 3.94. The predicted molar refractivity (Wildman–Crippen MR) is 99.4 cm³/mol.